The lowest BCUT2D eigenvalue weighted by Crippen LogP contribution is -2.40. The molecular weight excluding hydrogens is 424 g/mol. The number of esters is 1. The molecule has 2 atom stereocenters. The zero-order valence-electron chi connectivity index (χ0n) is 14.5. The first-order valence-corrected chi connectivity index (χ1v) is 7.74. The Labute approximate surface area is 159 Å². The molecule has 1 aromatic carbocycles. The fourth-order valence-corrected chi connectivity index (χ4v) is 2.86. The van der Waals surface area contributed by atoms with E-state index in [1.54, 1.807) is 20.0 Å². The highest BCUT2D eigenvalue weighted by Gasteiger charge is 2.36. The minimum atomic E-state index is -0.208. The molecule has 0 saturated carbocycles. The van der Waals surface area contributed by atoms with Gasteiger partial charge in [-0.05, 0) is 30.0 Å². The molecule has 1 saturated heterocycles. The van der Waals surface area contributed by atoms with Gasteiger partial charge in [0, 0.05) is 26.7 Å². The fourth-order valence-electron chi connectivity index (χ4n) is 2.86. The summed E-state index contributed by atoms with van der Waals surface area (Å²) in [6.45, 7) is 5.57. The summed E-state index contributed by atoms with van der Waals surface area (Å²) in [5, 5.41) is 3.23. The minimum Gasteiger partial charge on any atom is -0.469 e. The summed E-state index contributed by atoms with van der Waals surface area (Å²) in [5.74, 6) is 0.383. The number of carbonyl (C=O) groups is 1. The standard InChI is InChI=1S/C17H24FN3O2.HI/c1-11-5-6-13(7-15(11)18)8-20-17(19-3)21-9-12(2)14(10-21)16(22)23-4;/h5-7,12,14H,8-10H2,1-4H3,(H,19,20);1H. The van der Waals surface area contributed by atoms with Gasteiger partial charge in [-0.3, -0.25) is 9.79 Å². The molecular formula is C17H25FIN3O2. The molecule has 1 heterocycles. The Morgan fingerprint density at radius 1 is 1.46 bits per heavy atom. The molecule has 0 amide bonds. The van der Waals surface area contributed by atoms with E-state index in [2.05, 4.69) is 10.3 Å². The molecule has 7 heteroatoms. The molecule has 1 fully saturated rings. The van der Waals surface area contributed by atoms with Crippen LogP contribution in [-0.2, 0) is 16.1 Å². The van der Waals surface area contributed by atoms with Gasteiger partial charge in [-0.15, -0.1) is 24.0 Å². The van der Waals surface area contributed by atoms with Gasteiger partial charge in [0.25, 0.3) is 0 Å². The van der Waals surface area contributed by atoms with Gasteiger partial charge in [0.1, 0.15) is 5.82 Å². The Morgan fingerprint density at radius 3 is 2.75 bits per heavy atom. The van der Waals surface area contributed by atoms with Crippen molar-refractivity contribution >= 4 is 35.9 Å². The summed E-state index contributed by atoms with van der Waals surface area (Å²) >= 11 is 0. The van der Waals surface area contributed by atoms with Crippen molar-refractivity contribution in [1.29, 1.82) is 0 Å². The summed E-state index contributed by atoms with van der Waals surface area (Å²) in [6, 6.07) is 5.18. The predicted octanol–water partition coefficient (Wildman–Crippen LogP) is 2.57. The number of nitrogens with one attached hydrogen (secondary N) is 1. The normalized spacial score (nSPS) is 20.5. The molecule has 0 aromatic heterocycles. The second-order valence-corrected chi connectivity index (χ2v) is 6.00. The van der Waals surface area contributed by atoms with Gasteiger partial charge in [-0.25, -0.2) is 4.39 Å². The first kappa shape index (κ1) is 20.7. The Morgan fingerprint density at radius 2 is 2.17 bits per heavy atom. The predicted molar refractivity (Wildman–Crippen MR) is 103 cm³/mol. The van der Waals surface area contributed by atoms with Crippen LogP contribution in [0, 0.1) is 24.6 Å². The third-order valence-corrected chi connectivity index (χ3v) is 4.31. The van der Waals surface area contributed by atoms with Crippen molar-refractivity contribution in [2.75, 3.05) is 27.2 Å². The van der Waals surface area contributed by atoms with Gasteiger partial charge in [0.2, 0.25) is 0 Å². The van der Waals surface area contributed by atoms with Crippen molar-refractivity contribution in [2.24, 2.45) is 16.8 Å². The number of benzene rings is 1. The second-order valence-electron chi connectivity index (χ2n) is 6.00. The lowest BCUT2D eigenvalue weighted by molar-refractivity contribution is -0.145. The number of methoxy groups -OCH3 is 1. The molecule has 0 aliphatic carbocycles. The smallest absolute Gasteiger partial charge is 0.310 e. The van der Waals surface area contributed by atoms with Crippen molar-refractivity contribution in [3.63, 3.8) is 0 Å². The molecule has 2 unspecified atom stereocenters. The number of likely N-dealkylation sites (tertiary alicyclic amines) is 1. The number of guanidine groups is 1. The summed E-state index contributed by atoms with van der Waals surface area (Å²) in [4.78, 5) is 18.1. The van der Waals surface area contributed by atoms with E-state index in [1.807, 2.05) is 17.9 Å². The van der Waals surface area contributed by atoms with E-state index in [9.17, 15) is 9.18 Å². The van der Waals surface area contributed by atoms with Crippen LogP contribution in [0.3, 0.4) is 0 Å². The topological polar surface area (TPSA) is 53.9 Å². The van der Waals surface area contributed by atoms with Crippen LogP contribution in [0.4, 0.5) is 4.39 Å². The number of carbonyl (C=O) groups excluding carboxylic acids is 1. The third kappa shape index (κ3) is 4.81. The number of hydrogen-bond donors (Lipinski definition) is 1. The average molecular weight is 449 g/mol. The van der Waals surface area contributed by atoms with Crippen molar-refractivity contribution < 1.29 is 13.9 Å². The number of halogens is 2. The maximum atomic E-state index is 13.6. The molecule has 1 aliphatic heterocycles. The second kappa shape index (κ2) is 9.19. The van der Waals surface area contributed by atoms with Crippen LogP contribution in [0.1, 0.15) is 18.1 Å². The van der Waals surface area contributed by atoms with E-state index in [0.29, 0.717) is 24.6 Å². The maximum Gasteiger partial charge on any atom is 0.310 e. The highest BCUT2D eigenvalue weighted by atomic mass is 127. The quantitative estimate of drug-likeness (QED) is 0.334. The summed E-state index contributed by atoms with van der Waals surface area (Å²) in [6.07, 6.45) is 0. The first-order chi connectivity index (χ1) is 11.0. The Balaban J connectivity index is 0.00000288. The van der Waals surface area contributed by atoms with Crippen LogP contribution in [0.15, 0.2) is 23.2 Å². The third-order valence-electron chi connectivity index (χ3n) is 4.31. The van der Waals surface area contributed by atoms with Crippen LogP contribution < -0.4 is 5.32 Å². The molecule has 0 radical (unpaired) electrons. The van der Waals surface area contributed by atoms with Gasteiger partial charge in [0.15, 0.2) is 5.96 Å². The molecule has 24 heavy (non-hydrogen) atoms. The van der Waals surface area contributed by atoms with E-state index in [1.165, 1.54) is 13.2 Å². The Kier molecular flexibility index (Phi) is 7.92. The van der Waals surface area contributed by atoms with Gasteiger partial charge in [0.05, 0.1) is 13.0 Å². The molecule has 1 N–H and O–H groups in total. The maximum absolute atomic E-state index is 13.6. The average Bonchev–Trinajstić information content (AvgIpc) is 2.92. The number of aryl methyl sites for hydroxylation is 1. The monoisotopic (exact) mass is 449 g/mol. The Bertz CT molecular complexity index is 609. The number of nitrogens with zero attached hydrogens (tertiary/aromatic N) is 2. The molecule has 1 aliphatic rings. The van der Waals surface area contributed by atoms with Crippen molar-refractivity contribution in [3.8, 4) is 0 Å². The van der Waals surface area contributed by atoms with E-state index < -0.39 is 0 Å². The van der Waals surface area contributed by atoms with E-state index in [0.717, 1.165) is 12.1 Å². The lowest BCUT2D eigenvalue weighted by atomic mass is 9.99. The molecule has 134 valence electrons. The number of rotatable bonds is 3. The Hall–Kier alpha value is -1.38. The molecule has 2 rings (SSSR count). The van der Waals surface area contributed by atoms with Gasteiger partial charge in [-0.2, -0.15) is 0 Å². The van der Waals surface area contributed by atoms with Gasteiger partial charge in [-0.1, -0.05) is 19.1 Å². The van der Waals surface area contributed by atoms with Crippen molar-refractivity contribution in [2.45, 2.75) is 20.4 Å². The summed E-state index contributed by atoms with van der Waals surface area (Å²) in [7, 11) is 3.12. The molecule has 0 spiro atoms. The largest absolute Gasteiger partial charge is 0.469 e. The van der Waals surface area contributed by atoms with E-state index in [4.69, 9.17) is 4.74 Å². The van der Waals surface area contributed by atoms with Gasteiger partial charge >= 0.3 is 5.97 Å². The number of hydrogen-bond acceptors (Lipinski definition) is 3. The summed E-state index contributed by atoms with van der Waals surface area (Å²) < 4.78 is 18.4. The SMILES string of the molecule is CN=C(NCc1ccc(C)c(F)c1)N1CC(C)C(C(=O)OC)C1.I. The van der Waals surface area contributed by atoms with Crippen LogP contribution in [0.2, 0.25) is 0 Å². The molecule has 5 nitrogen and oxygen atoms in total. The zero-order chi connectivity index (χ0) is 17.0. The highest BCUT2D eigenvalue weighted by Crippen LogP contribution is 2.24. The van der Waals surface area contributed by atoms with Gasteiger partial charge < -0.3 is 15.0 Å². The lowest BCUT2D eigenvalue weighted by Gasteiger charge is -2.21. The number of aliphatic imine (C=N–C) groups is 1. The van der Waals surface area contributed by atoms with Crippen LogP contribution in [-0.4, -0.2) is 44.1 Å². The zero-order valence-corrected chi connectivity index (χ0v) is 16.8. The van der Waals surface area contributed by atoms with E-state index in [-0.39, 0.29) is 47.6 Å². The number of ether oxygens (including phenoxy) is 1. The van der Waals surface area contributed by atoms with Crippen LogP contribution in [0.25, 0.3) is 0 Å². The van der Waals surface area contributed by atoms with E-state index >= 15 is 0 Å². The first-order valence-electron chi connectivity index (χ1n) is 7.74. The van der Waals surface area contributed by atoms with Crippen molar-refractivity contribution in [1.82, 2.24) is 10.2 Å². The fraction of sp³-hybridized carbons (Fsp3) is 0.529. The van der Waals surface area contributed by atoms with Crippen LogP contribution in [0.5, 0.6) is 0 Å². The molecule has 1 aromatic rings. The van der Waals surface area contributed by atoms with Crippen molar-refractivity contribution in [3.05, 3.63) is 35.1 Å². The molecule has 0 bridgehead atoms. The van der Waals surface area contributed by atoms with Crippen LogP contribution >= 0.6 is 24.0 Å². The highest BCUT2D eigenvalue weighted by molar-refractivity contribution is 14.0. The minimum absolute atomic E-state index is 0. The summed E-state index contributed by atoms with van der Waals surface area (Å²) in [5.41, 5.74) is 1.48.